The van der Waals surface area contributed by atoms with Gasteiger partial charge in [0.25, 0.3) is 5.91 Å². The lowest BCUT2D eigenvalue weighted by Gasteiger charge is -2.18. The molecule has 36 heavy (non-hydrogen) atoms. The number of halogens is 2. The molecule has 4 aromatic rings. The molecular weight excluding hydrogens is 499 g/mol. The molecule has 2 amide bonds. The van der Waals surface area contributed by atoms with Crippen LogP contribution in [-0.2, 0) is 4.79 Å². The molecule has 0 spiro atoms. The lowest BCUT2D eigenvalue weighted by atomic mass is 10.1. The van der Waals surface area contributed by atoms with Crippen LogP contribution >= 0.6 is 23.4 Å². The summed E-state index contributed by atoms with van der Waals surface area (Å²) >= 11 is 7.49. The Morgan fingerprint density at radius 3 is 2.25 bits per heavy atom. The van der Waals surface area contributed by atoms with Gasteiger partial charge in [0.2, 0.25) is 5.91 Å². The van der Waals surface area contributed by atoms with E-state index in [9.17, 15) is 14.0 Å². The third-order valence-electron chi connectivity index (χ3n) is 5.23. The summed E-state index contributed by atoms with van der Waals surface area (Å²) in [5, 5.41) is 5.63. The molecule has 0 aromatic heterocycles. The van der Waals surface area contributed by atoms with Crippen molar-refractivity contribution in [3.63, 3.8) is 0 Å². The van der Waals surface area contributed by atoms with Crippen LogP contribution in [0.2, 0.25) is 5.02 Å². The van der Waals surface area contributed by atoms with Gasteiger partial charge in [-0.2, -0.15) is 0 Å². The van der Waals surface area contributed by atoms with Crippen molar-refractivity contribution >= 4 is 46.6 Å². The third kappa shape index (κ3) is 6.44. The number of hydrogen-bond acceptors (Lipinski definition) is 4. The smallest absolute Gasteiger partial charge is 0.255 e. The maximum absolute atomic E-state index is 13.4. The van der Waals surface area contributed by atoms with E-state index in [0.29, 0.717) is 27.7 Å². The predicted molar refractivity (Wildman–Crippen MR) is 142 cm³/mol. The number of anilines is 2. The highest BCUT2D eigenvalue weighted by atomic mass is 35.5. The van der Waals surface area contributed by atoms with Gasteiger partial charge in [-0.25, -0.2) is 4.39 Å². The number of carbonyl (C=O) groups is 2. The largest absolute Gasteiger partial charge is 0.495 e. The molecule has 0 radical (unpaired) electrons. The Morgan fingerprint density at radius 1 is 0.889 bits per heavy atom. The molecule has 0 aliphatic carbocycles. The van der Waals surface area contributed by atoms with Crippen LogP contribution in [0.1, 0.15) is 21.2 Å². The molecule has 1 atom stereocenters. The zero-order valence-corrected chi connectivity index (χ0v) is 20.8. The summed E-state index contributed by atoms with van der Waals surface area (Å²) in [4.78, 5) is 26.6. The van der Waals surface area contributed by atoms with Crippen LogP contribution in [-0.4, -0.2) is 18.9 Å². The fourth-order valence-corrected chi connectivity index (χ4v) is 4.63. The van der Waals surface area contributed by atoms with Crippen LogP contribution in [0.4, 0.5) is 15.8 Å². The molecule has 8 heteroatoms. The van der Waals surface area contributed by atoms with Gasteiger partial charge < -0.3 is 15.4 Å². The zero-order valence-electron chi connectivity index (χ0n) is 19.2. The van der Waals surface area contributed by atoms with Gasteiger partial charge in [0.1, 0.15) is 16.8 Å². The van der Waals surface area contributed by atoms with Gasteiger partial charge in [-0.3, -0.25) is 9.59 Å². The number of benzene rings is 4. The van der Waals surface area contributed by atoms with E-state index in [4.69, 9.17) is 16.3 Å². The van der Waals surface area contributed by atoms with E-state index in [-0.39, 0.29) is 11.8 Å². The molecule has 0 saturated heterocycles. The Morgan fingerprint density at radius 2 is 1.58 bits per heavy atom. The average Bonchev–Trinajstić information content (AvgIpc) is 2.89. The summed E-state index contributed by atoms with van der Waals surface area (Å²) in [5.41, 5.74) is 2.25. The molecule has 0 aliphatic rings. The first-order valence-corrected chi connectivity index (χ1v) is 12.2. The third-order valence-corrected chi connectivity index (χ3v) is 6.73. The Bertz CT molecular complexity index is 1350. The normalized spacial score (nSPS) is 11.4. The summed E-state index contributed by atoms with van der Waals surface area (Å²) in [6.07, 6.45) is 0. The topological polar surface area (TPSA) is 67.4 Å². The second-order valence-electron chi connectivity index (χ2n) is 7.73. The van der Waals surface area contributed by atoms with Crippen molar-refractivity contribution in [3.05, 3.63) is 119 Å². The number of hydrogen-bond donors (Lipinski definition) is 2. The van der Waals surface area contributed by atoms with E-state index in [2.05, 4.69) is 10.6 Å². The zero-order chi connectivity index (χ0) is 25.5. The Labute approximate surface area is 217 Å². The molecule has 182 valence electrons. The minimum Gasteiger partial charge on any atom is -0.495 e. The Hall–Kier alpha value is -3.81. The second kappa shape index (κ2) is 11.7. The Balaban J connectivity index is 1.51. The van der Waals surface area contributed by atoms with Crippen molar-refractivity contribution in [2.45, 2.75) is 10.1 Å². The molecule has 4 rings (SSSR count). The first kappa shape index (κ1) is 25.3. The van der Waals surface area contributed by atoms with Gasteiger partial charge in [-0.1, -0.05) is 41.9 Å². The molecule has 0 fully saturated rings. The number of ether oxygens (including phenoxy) is 1. The summed E-state index contributed by atoms with van der Waals surface area (Å²) in [5.74, 6) is -0.475. The Kier molecular flexibility index (Phi) is 8.25. The molecule has 5 nitrogen and oxygen atoms in total. The number of nitrogens with one attached hydrogen (secondary N) is 2. The minimum absolute atomic E-state index is 0.236. The van der Waals surface area contributed by atoms with Crippen LogP contribution in [0.5, 0.6) is 5.75 Å². The van der Waals surface area contributed by atoms with E-state index in [1.807, 2.05) is 42.5 Å². The molecule has 0 heterocycles. The van der Waals surface area contributed by atoms with Gasteiger partial charge in [-0.15, -0.1) is 11.8 Å². The molecule has 0 aliphatic heterocycles. The lowest BCUT2D eigenvalue weighted by Crippen LogP contribution is -2.19. The standard InChI is InChI=1S/C28H22ClFN2O3S/c1-35-25-16-9-20(29)17-24(25)32-28(34)26(18-5-3-2-4-6-18)36-23-14-12-22(13-15-23)31-27(33)19-7-10-21(30)11-8-19/h2-17,26H,1H3,(H,31,33)(H,32,34). The van der Waals surface area contributed by atoms with Crippen molar-refractivity contribution in [2.75, 3.05) is 17.7 Å². The fourth-order valence-electron chi connectivity index (χ4n) is 3.43. The van der Waals surface area contributed by atoms with Crippen molar-refractivity contribution in [2.24, 2.45) is 0 Å². The van der Waals surface area contributed by atoms with Gasteiger partial charge in [0.15, 0.2) is 0 Å². The van der Waals surface area contributed by atoms with E-state index in [1.165, 1.54) is 43.1 Å². The maximum atomic E-state index is 13.4. The first-order chi connectivity index (χ1) is 17.4. The maximum Gasteiger partial charge on any atom is 0.255 e. The molecule has 2 N–H and O–H groups in total. The minimum atomic E-state index is -0.561. The first-order valence-electron chi connectivity index (χ1n) is 11.0. The number of rotatable bonds is 8. The summed E-state index contributed by atoms with van der Waals surface area (Å²) in [7, 11) is 1.53. The quantitative estimate of drug-likeness (QED) is 0.241. The highest BCUT2D eigenvalue weighted by molar-refractivity contribution is 8.00. The monoisotopic (exact) mass is 520 g/mol. The average molecular weight is 521 g/mol. The van der Waals surface area contributed by atoms with Crippen LogP contribution in [0.3, 0.4) is 0 Å². The fraction of sp³-hybridized carbons (Fsp3) is 0.0714. The van der Waals surface area contributed by atoms with E-state index in [0.717, 1.165) is 10.5 Å². The van der Waals surface area contributed by atoms with Gasteiger partial charge in [0.05, 0.1) is 12.8 Å². The van der Waals surface area contributed by atoms with Gasteiger partial charge >= 0.3 is 0 Å². The summed E-state index contributed by atoms with van der Waals surface area (Å²) in [6.45, 7) is 0. The highest BCUT2D eigenvalue weighted by Crippen LogP contribution is 2.38. The lowest BCUT2D eigenvalue weighted by molar-refractivity contribution is -0.115. The van der Waals surface area contributed by atoms with Crippen molar-refractivity contribution in [1.82, 2.24) is 0 Å². The van der Waals surface area contributed by atoms with Crippen LogP contribution in [0.25, 0.3) is 0 Å². The van der Waals surface area contributed by atoms with E-state index >= 15 is 0 Å². The number of methoxy groups -OCH3 is 1. The SMILES string of the molecule is COc1ccc(Cl)cc1NC(=O)C(Sc1ccc(NC(=O)c2ccc(F)cc2)cc1)c1ccccc1. The van der Waals surface area contributed by atoms with E-state index in [1.54, 1.807) is 30.3 Å². The van der Waals surface area contributed by atoms with Gasteiger partial charge in [-0.05, 0) is 72.3 Å². The van der Waals surface area contributed by atoms with E-state index < -0.39 is 11.1 Å². The summed E-state index contributed by atoms with van der Waals surface area (Å²) in [6, 6.07) is 26.9. The molecule has 0 bridgehead atoms. The van der Waals surface area contributed by atoms with Crippen LogP contribution < -0.4 is 15.4 Å². The van der Waals surface area contributed by atoms with Crippen molar-refractivity contribution in [3.8, 4) is 5.75 Å². The van der Waals surface area contributed by atoms with Gasteiger partial charge in [0, 0.05) is 21.2 Å². The van der Waals surface area contributed by atoms with Crippen LogP contribution in [0.15, 0.2) is 102 Å². The number of thioether (sulfide) groups is 1. The number of carbonyl (C=O) groups excluding carboxylic acids is 2. The van der Waals surface area contributed by atoms with Crippen LogP contribution in [0, 0.1) is 5.82 Å². The second-order valence-corrected chi connectivity index (χ2v) is 9.34. The van der Waals surface area contributed by atoms with Crippen molar-refractivity contribution in [1.29, 1.82) is 0 Å². The van der Waals surface area contributed by atoms with Crippen molar-refractivity contribution < 1.29 is 18.7 Å². The molecule has 0 saturated carbocycles. The summed E-state index contributed by atoms with van der Waals surface area (Å²) < 4.78 is 18.5. The molecule has 1 unspecified atom stereocenters. The molecular formula is C28H22ClFN2O3S. The predicted octanol–water partition coefficient (Wildman–Crippen LogP) is 7.21. The highest BCUT2D eigenvalue weighted by Gasteiger charge is 2.23. The number of amides is 2. The molecule has 4 aromatic carbocycles.